The number of amides is 1. The van der Waals surface area contributed by atoms with Gasteiger partial charge in [-0.2, -0.15) is 0 Å². The number of fused-ring (bicyclic) bond motifs is 1. The van der Waals surface area contributed by atoms with Gasteiger partial charge >= 0.3 is 0 Å². The smallest absolute Gasteiger partial charge is 0.256 e. The van der Waals surface area contributed by atoms with Crippen molar-refractivity contribution in [3.8, 4) is 0 Å². The van der Waals surface area contributed by atoms with Crippen molar-refractivity contribution in [3.63, 3.8) is 0 Å². The lowest BCUT2D eigenvalue weighted by Crippen LogP contribution is -2.03. The third kappa shape index (κ3) is 2.11. The van der Waals surface area contributed by atoms with Gasteiger partial charge in [-0.1, -0.05) is 29.3 Å². The van der Waals surface area contributed by atoms with Crippen LogP contribution in [0.1, 0.15) is 11.1 Å². The van der Waals surface area contributed by atoms with E-state index < -0.39 is 0 Å². The molecule has 19 heavy (non-hydrogen) atoms. The lowest BCUT2D eigenvalue weighted by Gasteiger charge is -2.02. The van der Waals surface area contributed by atoms with E-state index in [-0.39, 0.29) is 5.91 Å². The number of aromatic nitrogens is 1. The highest BCUT2D eigenvalue weighted by Crippen LogP contribution is 2.41. The van der Waals surface area contributed by atoms with E-state index in [1.807, 2.05) is 12.1 Å². The number of carbonyl (C=O) groups excluding carboxylic acids is 1. The molecule has 2 heterocycles. The number of anilines is 1. The minimum absolute atomic E-state index is 0.184. The van der Waals surface area contributed by atoms with E-state index in [0.717, 1.165) is 11.1 Å². The van der Waals surface area contributed by atoms with Gasteiger partial charge in [0.1, 0.15) is 0 Å². The van der Waals surface area contributed by atoms with Crippen LogP contribution in [0.3, 0.4) is 0 Å². The van der Waals surface area contributed by atoms with Gasteiger partial charge in [0.2, 0.25) is 0 Å². The second-order valence-electron chi connectivity index (χ2n) is 4.08. The van der Waals surface area contributed by atoms with Crippen molar-refractivity contribution in [1.29, 1.82) is 0 Å². The van der Waals surface area contributed by atoms with E-state index in [2.05, 4.69) is 10.3 Å². The van der Waals surface area contributed by atoms with Gasteiger partial charge in [0.15, 0.2) is 0 Å². The zero-order valence-corrected chi connectivity index (χ0v) is 11.2. The van der Waals surface area contributed by atoms with Crippen molar-refractivity contribution < 1.29 is 4.79 Å². The molecule has 0 saturated carbocycles. The van der Waals surface area contributed by atoms with E-state index in [4.69, 9.17) is 23.2 Å². The molecule has 1 aromatic heterocycles. The molecule has 0 spiro atoms. The number of hydrogen-bond donors (Lipinski definition) is 1. The molecule has 0 radical (unpaired) electrons. The van der Waals surface area contributed by atoms with E-state index in [9.17, 15) is 4.79 Å². The Morgan fingerprint density at radius 3 is 2.58 bits per heavy atom. The first-order valence-corrected chi connectivity index (χ1v) is 6.34. The van der Waals surface area contributed by atoms with Crippen LogP contribution in [-0.4, -0.2) is 10.9 Å². The molecule has 0 aliphatic carbocycles. The highest BCUT2D eigenvalue weighted by molar-refractivity contribution is 6.47. The molecule has 94 valence electrons. The maximum atomic E-state index is 12.0. The fraction of sp³-hybridized carbons (Fsp3) is 0. The average molecular weight is 291 g/mol. The number of carbonyl (C=O) groups is 1. The Morgan fingerprint density at radius 2 is 1.84 bits per heavy atom. The largest absolute Gasteiger partial charge is 0.320 e. The van der Waals surface area contributed by atoms with E-state index >= 15 is 0 Å². The van der Waals surface area contributed by atoms with Crippen LogP contribution in [0.5, 0.6) is 0 Å². The van der Waals surface area contributed by atoms with Crippen molar-refractivity contribution in [2.24, 2.45) is 0 Å². The minimum atomic E-state index is -0.184. The summed E-state index contributed by atoms with van der Waals surface area (Å²) in [5.74, 6) is -0.184. The summed E-state index contributed by atoms with van der Waals surface area (Å²) in [5.41, 5.74) is 2.80. The number of nitrogens with one attached hydrogen (secondary N) is 1. The molecule has 1 aromatic carbocycles. The molecule has 3 rings (SSSR count). The highest BCUT2D eigenvalue weighted by atomic mass is 35.5. The van der Waals surface area contributed by atoms with Crippen molar-refractivity contribution in [1.82, 2.24) is 4.98 Å². The van der Waals surface area contributed by atoms with Gasteiger partial charge in [-0.25, -0.2) is 0 Å². The maximum absolute atomic E-state index is 12.0. The van der Waals surface area contributed by atoms with E-state index in [1.165, 1.54) is 0 Å². The van der Waals surface area contributed by atoms with E-state index in [0.29, 0.717) is 21.3 Å². The first kappa shape index (κ1) is 12.2. The Labute approximate surface area is 119 Å². The summed E-state index contributed by atoms with van der Waals surface area (Å²) >= 11 is 12.0. The predicted octanol–water partition coefficient (Wildman–Crippen LogP) is 3.88. The molecule has 1 aliphatic rings. The van der Waals surface area contributed by atoms with Gasteiger partial charge in [-0.3, -0.25) is 9.78 Å². The maximum Gasteiger partial charge on any atom is 0.256 e. The summed E-state index contributed by atoms with van der Waals surface area (Å²) in [6.45, 7) is 0. The molecule has 0 bridgehead atoms. The van der Waals surface area contributed by atoms with Gasteiger partial charge in [0.05, 0.1) is 15.7 Å². The molecular formula is C14H8Cl2N2O. The van der Waals surface area contributed by atoms with Crippen molar-refractivity contribution in [2.75, 3.05) is 5.32 Å². The molecule has 1 N–H and O–H groups in total. The third-order valence-electron chi connectivity index (χ3n) is 2.89. The summed E-state index contributed by atoms with van der Waals surface area (Å²) in [6.07, 6.45) is 5.15. The molecule has 2 aromatic rings. The molecular weight excluding hydrogens is 283 g/mol. The summed E-state index contributed by atoms with van der Waals surface area (Å²) < 4.78 is 0. The van der Waals surface area contributed by atoms with Crippen molar-refractivity contribution in [3.05, 3.63) is 57.8 Å². The van der Waals surface area contributed by atoms with Crippen LogP contribution in [0.25, 0.3) is 11.6 Å². The first-order chi connectivity index (χ1) is 9.16. The molecule has 0 atom stereocenters. The number of hydrogen-bond acceptors (Lipinski definition) is 2. The van der Waals surface area contributed by atoms with Crippen LogP contribution in [-0.2, 0) is 4.79 Å². The number of pyridine rings is 1. The quantitative estimate of drug-likeness (QED) is 0.810. The molecule has 1 amide bonds. The Hall–Kier alpha value is -1.84. The predicted molar refractivity (Wildman–Crippen MR) is 77.2 cm³/mol. The van der Waals surface area contributed by atoms with Crippen LogP contribution >= 0.6 is 23.2 Å². The summed E-state index contributed by atoms with van der Waals surface area (Å²) in [4.78, 5) is 15.9. The van der Waals surface area contributed by atoms with Gasteiger partial charge in [-0.15, -0.1) is 0 Å². The lowest BCUT2D eigenvalue weighted by molar-refractivity contribution is -0.110. The van der Waals surface area contributed by atoms with Crippen molar-refractivity contribution >= 4 is 46.4 Å². The first-order valence-electron chi connectivity index (χ1n) is 5.58. The highest BCUT2D eigenvalue weighted by Gasteiger charge is 2.27. The number of nitrogens with zero attached hydrogens (tertiary/aromatic N) is 1. The average Bonchev–Trinajstić information content (AvgIpc) is 2.73. The number of rotatable bonds is 1. The van der Waals surface area contributed by atoms with Gasteiger partial charge in [0.25, 0.3) is 5.91 Å². The molecule has 0 saturated heterocycles. The van der Waals surface area contributed by atoms with E-state index in [1.54, 1.807) is 30.6 Å². The monoisotopic (exact) mass is 290 g/mol. The summed E-state index contributed by atoms with van der Waals surface area (Å²) in [7, 11) is 0. The van der Waals surface area contributed by atoms with Gasteiger partial charge in [0, 0.05) is 23.5 Å². The fourth-order valence-corrected chi connectivity index (χ4v) is 2.34. The van der Waals surface area contributed by atoms with Crippen LogP contribution in [0.4, 0.5) is 5.69 Å². The third-order valence-corrected chi connectivity index (χ3v) is 3.69. The van der Waals surface area contributed by atoms with Crippen LogP contribution < -0.4 is 5.32 Å². The summed E-state index contributed by atoms with van der Waals surface area (Å²) in [5, 5.41) is 3.53. The SMILES string of the molecule is O=C1Nc2c(ccc(Cl)c2Cl)/C1=C\c1ccncc1. The number of halogens is 2. The Morgan fingerprint density at radius 1 is 1.11 bits per heavy atom. The second-order valence-corrected chi connectivity index (χ2v) is 4.86. The molecule has 1 aliphatic heterocycles. The number of benzene rings is 1. The molecule has 0 unspecified atom stereocenters. The molecule has 3 nitrogen and oxygen atoms in total. The zero-order valence-electron chi connectivity index (χ0n) is 9.65. The standard InChI is InChI=1S/C14H8Cl2N2O/c15-11-2-1-9-10(7-8-3-5-17-6-4-8)14(19)18-13(9)12(11)16/h1-7H,(H,18,19)/b10-7+. The minimum Gasteiger partial charge on any atom is -0.320 e. The Balaban J connectivity index is 2.14. The Kier molecular flexibility index (Phi) is 3.01. The van der Waals surface area contributed by atoms with Crippen LogP contribution in [0.2, 0.25) is 10.0 Å². The fourth-order valence-electron chi connectivity index (χ4n) is 1.97. The normalized spacial score (nSPS) is 15.5. The van der Waals surface area contributed by atoms with Crippen molar-refractivity contribution in [2.45, 2.75) is 0 Å². The van der Waals surface area contributed by atoms with Crippen LogP contribution in [0.15, 0.2) is 36.7 Å². The molecule has 5 heteroatoms. The van der Waals surface area contributed by atoms with Gasteiger partial charge in [-0.05, 0) is 29.8 Å². The Bertz CT molecular complexity index is 696. The second kappa shape index (κ2) is 4.68. The zero-order chi connectivity index (χ0) is 13.4. The van der Waals surface area contributed by atoms with Gasteiger partial charge < -0.3 is 5.32 Å². The molecule has 0 fully saturated rings. The summed E-state index contributed by atoms with van der Waals surface area (Å²) in [6, 6.07) is 7.13. The lowest BCUT2D eigenvalue weighted by atomic mass is 10.0. The van der Waals surface area contributed by atoms with Crippen LogP contribution in [0, 0.1) is 0 Å². The topological polar surface area (TPSA) is 42.0 Å².